The summed E-state index contributed by atoms with van der Waals surface area (Å²) in [4.78, 5) is 24.8. The molecule has 0 aromatic carbocycles. The molecule has 0 bridgehead atoms. The maximum Gasteiger partial charge on any atom is 0.354 e. The van der Waals surface area contributed by atoms with Gasteiger partial charge in [0.1, 0.15) is 5.69 Å². The molecule has 0 atom stereocenters. The molecule has 7 heteroatoms. The van der Waals surface area contributed by atoms with E-state index < -0.39 is 5.97 Å². The molecule has 0 aliphatic carbocycles. The number of aromatic nitrogens is 2. The maximum atomic E-state index is 11.7. The normalized spacial score (nSPS) is 10.8. The lowest BCUT2D eigenvalue weighted by atomic mass is 10.3. The van der Waals surface area contributed by atoms with Crippen LogP contribution in [0.5, 0.6) is 0 Å². The Kier molecular flexibility index (Phi) is 6.72. The average Bonchev–Trinajstić information content (AvgIpc) is 2.90. The Morgan fingerprint density at radius 1 is 1.40 bits per heavy atom. The second-order valence-corrected chi connectivity index (χ2v) is 4.37. The minimum atomic E-state index is -1.04. The molecule has 0 fully saturated rings. The molecule has 0 aliphatic heterocycles. The number of nitrogens with zero attached hydrogens (tertiary/aromatic N) is 3. The number of amides is 1. The van der Waals surface area contributed by atoms with Crippen LogP contribution in [0.25, 0.3) is 0 Å². The maximum absolute atomic E-state index is 11.7. The molecule has 1 rings (SSSR count). The predicted molar refractivity (Wildman–Crippen MR) is 74.6 cm³/mol. The molecule has 2 N–H and O–H groups in total. The molecule has 0 saturated carbocycles. The van der Waals surface area contributed by atoms with Crippen LogP contribution in [0.3, 0.4) is 0 Å². The van der Waals surface area contributed by atoms with E-state index in [-0.39, 0.29) is 24.6 Å². The van der Waals surface area contributed by atoms with Crippen molar-refractivity contribution in [3.8, 4) is 0 Å². The van der Waals surface area contributed by atoms with Crippen LogP contribution in [-0.2, 0) is 11.3 Å². The molecule has 0 saturated heterocycles. The van der Waals surface area contributed by atoms with E-state index in [0.717, 1.165) is 19.6 Å². The first-order valence-electron chi connectivity index (χ1n) is 6.82. The standard InChI is InChI=1S/C13H22N4O3/c1-3-16(4-2)10-8-14-12(18)6-9-17-11(13(19)20)5-7-15-17/h5,7H,3-4,6,8-10H2,1-2H3,(H,14,18)(H,19,20). The van der Waals surface area contributed by atoms with E-state index in [9.17, 15) is 9.59 Å². The topological polar surface area (TPSA) is 87.5 Å². The van der Waals surface area contributed by atoms with Crippen molar-refractivity contribution in [2.45, 2.75) is 26.8 Å². The minimum Gasteiger partial charge on any atom is -0.477 e. The summed E-state index contributed by atoms with van der Waals surface area (Å²) in [5.74, 6) is -1.13. The van der Waals surface area contributed by atoms with Gasteiger partial charge in [-0.25, -0.2) is 4.79 Å². The van der Waals surface area contributed by atoms with Crippen molar-refractivity contribution in [3.63, 3.8) is 0 Å². The van der Waals surface area contributed by atoms with Crippen LogP contribution in [0, 0.1) is 0 Å². The molecule has 112 valence electrons. The summed E-state index contributed by atoms with van der Waals surface area (Å²) >= 11 is 0. The predicted octanol–water partition coefficient (Wildman–Crippen LogP) is 0.429. The van der Waals surface area contributed by atoms with Crippen LogP contribution < -0.4 is 5.32 Å². The summed E-state index contributed by atoms with van der Waals surface area (Å²) in [5, 5.41) is 15.6. The monoisotopic (exact) mass is 282 g/mol. The fourth-order valence-electron chi connectivity index (χ4n) is 1.88. The van der Waals surface area contributed by atoms with Crippen LogP contribution in [-0.4, -0.2) is 57.8 Å². The van der Waals surface area contributed by atoms with E-state index in [4.69, 9.17) is 5.11 Å². The molecule has 1 heterocycles. The highest BCUT2D eigenvalue weighted by atomic mass is 16.4. The number of aryl methyl sites for hydroxylation is 1. The lowest BCUT2D eigenvalue weighted by Gasteiger charge is -2.17. The molecule has 20 heavy (non-hydrogen) atoms. The smallest absolute Gasteiger partial charge is 0.354 e. The first kappa shape index (κ1) is 16.2. The number of likely N-dealkylation sites (N-methyl/N-ethyl adjacent to an activating group) is 1. The highest BCUT2D eigenvalue weighted by Crippen LogP contribution is 2.00. The first-order chi connectivity index (χ1) is 9.58. The number of carboxylic acid groups (broad SMARTS) is 1. The summed E-state index contributed by atoms with van der Waals surface area (Å²) in [6, 6.07) is 1.42. The van der Waals surface area contributed by atoms with Crippen LogP contribution in [0.15, 0.2) is 12.3 Å². The molecule has 0 unspecified atom stereocenters. The summed E-state index contributed by atoms with van der Waals surface area (Å²) in [6.07, 6.45) is 1.64. The fourth-order valence-corrected chi connectivity index (χ4v) is 1.88. The lowest BCUT2D eigenvalue weighted by molar-refractivity contribution is -0.121. The molecule has 1 amide bonds. The van der Waals surface area contributed by atoms with E-state index in [1.54, 1.807) is 0 Å². The van der Waals surface area contributed by atoms with Crippen molar-refractivity contribution in [1.82, 2.24) is 20.0 Å². The molecule has 0 spiro atoms. The van der Waals surface area contributed by atoms with Gasteiger partial charge >= 0.3 is 5.97 Å². The van der Waals surface area contributed by atoms with Crippen molar-refractivity contribution in [3.05, 3.63) is 18.0 Å². The van der Waals surface area contributed by atoms with Crippen molar-refractivity contribution >= 4 is 11.9 Å². The Morgan fingerprint density at radius 2 is 2.10 bits per heavy atom. The molecule has 0 aliphatic rings. The number of hydrogen-bond donors (Lipinski definition) is 2. The van der Waals surface area contributed by atoms with E-state index in [1.807, 2.05) is 0 Å². The van der Waals surface area contributed by atoms with E-state index in [2.05, 4.69) is 29.2 Å². The van der Waals surface area contributed by atoms with Crippen LogP contribution in [0.1, 0.15) is 30.8 Å². The van der Waals surface area contributed by atoms with Gasteiger partial charge in [0.15, 0.2) is 0 Å². The average molecular weight is 282 g/mol. The minimum absolute atomic E-state index is 0.0935. The molecule has 7 nitrogen and oxygen atoms in total. The largest absolute Gasteiger partial charge is 0.477 e. The summed E-state index contributed by atoms with van der Waals surface area (Å²) in [6.45, 7) is 7.77. The van der Waals surface area contributed by atoms with Gasteiger partial charge in [0.25, 0.3) is 0 Å². The number of carbonyl (C=O) groups is 2. The van der Waals surface area contributed by atoms with E-state index in [0.29, 0.717) is 6.54 Å². The van der Waals surface area contributed by atoms with Crippen LogP contribution in [0.4, 0.5) is 0 Å². The van der Waals surface area contributed by atoms with Crippen molar-refractivity contribution in [2.75, 3.05) is 26.2 Å². The zero-order chi connectivity index (χ0) is 15.0. The Morgan fingerprint density at radius 3 is 2.70 bits per heavy atom. The van der Waals surface area contributed by atoms with Gasteiger partial charge < -0.3 is 15.3 Å². The van der Waals surface area contributed by atoms with Crippen molar-refractivity contribution < 1.29 is 14.7 Å². The Bertz CT molecular complexity index is 441. The first-order valence-corrected chi connectivity index (χ1v) is 6.82. The highest BCUT2D eigenvalue weighted by Gasteiger charge is 2.11. The van der Waals surface area contributed by atoms with Gasteiger partial charge in [-0.2, -0.15) is 5.10 Å². The van der Waals surface area contributed by atoms with Gasteiger partial charge in [-0.05, 0) is 19.2 Å². The Hall–Kier alpha value is -1.89. The van der Waals surface area contributed by atoms with Gasteiger partial charge in [-0.15, -0.1) is 0 Å². The number of carbonyl (C=O) groups excluding carboxylic acids is 1. The van der Waals surface area contributed by atoms with Gasteiger partial charge in [-0.3, -0.25) is 9.48 Å². The quantitative estimate of drug-likeness (QED) is 0.686. The molecule has 1 aromatic rings. The Labute approximate surface area is 118 Å². The second-order valence-electron chi connectivity index (χ2n) is 4.37. The number of nitrogens with one attached hydrogen (secondary N) is 1. The number of carboxylic acids is 1. The fraction of sp³-hybridized carbons (Fsp3) is 0.615. The van der Waals surface area contributed by atoms with Crippen LogP contribution >= 0.6 is 0 Å². The number of aromatic carboxylic acids is 1. The van der Waals surface area contributed by atoms with Gasteiger partial charge in [0, 0.05) is 25.7 Å². The van der Waals surface area contributed by atoms with Crippen LogP contribution in [0.2, 0.25) is 0 Å². The van der Waals surface area contributed by atoms with Crippen molar-refractivity contribution in [1.29, 1.82) is 0 Å². The summed E-state index contributed by atoms with van der Waals surface area (Å²) < 4.78 is 1.33. The molecule has 1 aromatic heterocycles. The third-order valence-electron chi connectivity index (χ3n) is 3.13. The zero-order valence-corrected chi connectivity index (χ0v) is 12.0. The molecular formula is C13H22N4O3. The SMILES string of the molecule is CCN(CC)CCNC(=O)CCn1nccc1C(=O)O. The van der Waals surface area contributed by atoms with E-state index >= 15 is 0 Å². The van der Waals surface area contributed by atoms with Gasteiger partial charge in [-0.1, -0.05) is 13.8 Å². The highest BCUT2D eigenvalue weighted by molar-refractivity contribution is 5.85. The summed E-state index contributed by atoms with van der Waals surface area (Å²) in [7, 11) is 0. The Balaban J connectivity index is 2.29. The second kappa shape index (κ2) is 8.31. The third-order valence-corrected chi connectivity index (χ3v) is 3.13. The van der Waals surface area contributed by atoms with E-state index in [1.165, 1.54) is 16.9 Å². The van der Waals surface area contributed by atoms with Gasteiger partial charge in [0.2, 0.25) is 5.91 Å². The third kappa shape index (κ3) is 5.00. The number of rotatable bonds is 9. The van der Waals surface area contributed by atoms with Gasteiger partial charge in [0.05, 0.1) is 6.54 Å². The lowest BCUT2D eigenvalue weighted by Crippen LogP contribution is -2.35. The van der Waals surface area contributed by atoms with Crippen molar-refractivity contribution in [2.24, 2.45) is 0 Å². The zero-order valence-electron chi connectivity index (χ0n) is 12.0. The molecular weight excluding hydrogens is 260 g/mol. The summed E-state index contributed by atoms with van der Waals surface area (Å²) in [5.41, 5.74) is 0.0981. The molecule has 0 radical (unpaired) electrons. The number of hydrogen-bond acceptors (Lipinski definition) is 4.